The van der Waals surface area contributed by atoms with Gasteiger partial charge in [0.05, 0.1) is 6.61 Å². The fourth-order valence-electron chi connectivity index (χ4n) is 2.42. The normalized spacial score (nSPS) is 10.9. The molecule has 0 saturated heterocycles. The van der Waals surface area contributed by atoms with Crippen LogP contribution in [0.4, 0.5) is 5.13 Å². The predicted molar refractivity (Wildman–Crippen MR) is 121 cm³/mol. The number of carbonyl (C=O) groups excluding carboxylic acids is 1. The summed E-state index contributed by atoms with van der Waals surface area (Å²) in [5, 5.41) is 11.5. The van der Waals surface area contributed by atoms with Crippen molar-refractivity contribution in [3.8, 4) is 5.75 Å². The Bertz CT molecular complexity index is 942. The highest BCUT2D eigenvalue weighted by molar-refractivity contribution is 8.01. The van der Waals surface area contributed by atoms with Crippen molar-refractivity contribution in [2.75, 3.05) is 17.7 Å². The second-order valence-electron chi connectivity index (χ2n) is 6.18. The average Bonchev–Trinajstić information content (AvgIpc) is 3.19. The summed E-state index contributed by atoms with van der Waals surface area (Å²) in [6.45, 7) is 2.76. The number of amides is 1. The molecule has 0 aliphatic heterocycles. The van der Waals surface area contributed by atoms with Crippen LogP contribution in [0.5, 0.6) is 5.75 Å². The van der Waals surface area contributed by atoms with Crippen LogP contribution in [0, 0.1) is 0 Å². The number of carbonyl (C=O) groups is 1. The highest BCUT2D eigenvalue weighted by Crippen LogP contribution is 2.26. The van der Waals surface area contributed by atoms with Crippen molar-refractivity contribution < 1.29 is 9.53 Å². The molecule has 29 heavy (non-hydrogen) atoms. The lowest BCUT2D eigenvalue weighted by Gasteiger charge is -2.07. The Hall–Kier alpha value is -2.64. The molecule has 0 bridgehead atoms. The Balaban J connectivity index is 1.50. The molecule has 5 nitrogen and oxygen atoms in total. The molecule has 2 aromatic carbocycles. The Morgan fingerprint density at radius 2 is 2.03 bits per heavy atom. The summed E-state index contributed by atoms with van der Waals surface area (Å²) in [5.41, 5.74) is 1.70. The van der Waals surface area contributed by atoms with E-state index in [9.17, 15) is 4.79 Å². The van der Waals surface area contributed by atoms with Gasteiger partial charge >= 0.3 is 0 Å². The van der Waals surface area contributed by atoms with Crippen molar-refractivity contribution in [2.45, 2.75) is 24.1 Å². The maximum atomic E-state index is 12.5. The summed E-state index contributed by atoms with van der Waals surface area (Å²) in [7, 11) is 0. The monoisotopic (exact) mass is 425 g/mol. The molecule has 1 aromatic heterocycles. The van der Waals surface area contributed by atoms with E-state index in [0.29, 0.717) is 23.1 Å². The molecule has 0 unspecified atom stereocenters. The zero-order chi connectivity index (χ0) is 20.3. The van der Waals surface area contributed by atoms with Gasteiger partial charge in [-0.05, 0) is 30.2 Å². The molecule has 3 rings (SSSR count). The van der Waals surface area contributed by atoms with E-state index in [0.717, 1.165) is 22.9 Å². The van der Waals surface area contributed by atoms with Crippen LogP contribution in [-0.4, -0.2) is 28.5 Å². The molecule has 3 aromatic rings. The number of anilines is 1. The van der Waals surface area contributed by atoms with Crippen LogP contribution in [-0.2, 0) is 0 Å². The topological polar surface area (TPSA) is 64.1 Å². The van der Waals surface area contributed by atoms with E-state index in [4.69, 9.17) is 4.74 Å². The third kappa shape index (κ3) is 7.03. The first-order valence-electron chi connectivity index (χ1n) is 9.46. The Kier molecular flexibility index (Phi) is 8.27. The molecule has 1 N–H and O–H groups in total. The van der Waals surface area contributed by atoms with E-state index in [2.05, 4.69) is 46.7 Å². The van der Waals surface area contributed by atoms with E-state index in [1.54, 1.807) is 23.9 Å². The van der Waals surface area contributed by atoms with Crippen molar-refractivity contribution in [1.29, 1.82) is 0 Å². The number of benzene rings is 2. The first kappa shape index (κ1) is 21.1. The fourth-order valence-corrected chi connectivity index (χ4v) is 4.00. The summed E-state index contributed by atoms with van der Waals surface area (Å²) < 4.78 is 6.48. The van der Waals surface area contributed by atoms with Gasteiger partial charge in [-0.15, -0.1) is 10.2 Å². The first-order valence-corrected chi connectivity index (χ1v) is 11.3. The van der Waals surface area contributed by atoms with E-state index in [1.165, 1.54) is 16.9 Å². The molecule has 0 aliphatic rings. The van der Waals surface area contributed by atoms with Gasteiger partial charge in [0.15, 0.2) is 4.34 Å². The minimum Gasteiger partial charge on any atom is -0.494 e. The van der Waals surface area contributed by atoms with Crippen LogP contribution < -0.4 is 10.1 Å². The number of nitrogens with zero attached hydrogens (tertiary/aromatic N) is 2. The van der Waals surface area contributed by atoms with Crippen LogP contribution in [0.1, 0.15) is 35.7 Å². The zero-order valence-electron chi connectivity index (χ0n) is 16.2. The molecular formula is C22H23N3O2S2. The number of unbranched alkanes of at least 4 members (excludes halogenated alkanes) is 1. The second-order valence-corrected chi connectivity index (χ2v) is 8.43. The van der Waals surface area contributed by atoms with Crippen LogP contribution in [0.15, 0.2) is 65.0 Å². The molecule has 1 amide bonds. The number of thioether (sulfide) groups is 1. The number of aromatic nitrogens is 2. The van der Waals surface area contributed by atoms with Crippen LogP contribution in [0.2, 0.25) is 0 Å². The maximum absolute atomic E-state index is 12.5. The van der Waals surface area contributed by atoms with Crippen molar-refractivity contribution >= 4 is 40.2 Å². The number of ether oxygens (including phenoxy) is 1. The summed E-state index contributed by atoms with van der Waals surface area (Å²) in [6.07, 6.45) is 6.22. The van der Waals surface area contributed by atoms with Gasteiger partial charge in [0.1, 0.15) is 5.75 Å². The Morgan fingerprint density at radius 3 is 2.86 bits per heavy atom. The predicted octanol–water partition coefficient (Wildman–Crippen LogP) is 5.77. The molecule has 0 aliphatic carbocycles. The van der Waals surface area contributed by atoms with E-state index in [-0.39, 0.29) is 5.91 Å². The van der Waals surface area contributed by atoms with Gasteiger partial charge < -0.3 is 4.74 Å². The molecule has 0 saturated carbocycles. The van der Waals surface area contributed by atoms with Gasteiger partial charge in [-0.1, -0.05) is 85.0 Å². The summed E-state index contributed by atoms with van der Waals surface area (Å²) in [5.74, 6) is 1.27. The maximum Gasteiger partial charge on any atom is 0.257 e. The molecule has 1 heterocycles. The van der Waals surface area contributed by atoms with Crippen LogP contribution in [0.25, 0.3) is 6.08 Å². The lowest BCUT2D eigenvalue weighted by atomic mass is 10.2. The van der Waals surface area contributed by atoms with E-state index >= 15 is 0 Å². The van der Waals surface area contributed by atoms with Gasteiger partial charge in [0.25, 0.3) is 5.91 Å². The number of rotatable bonds is 10. The lowest BCUT2D eigenvalue weighted by Crippen LogP contribution is -2.11. The highest BCUT2D eigenvalue weighted by Gasteiger charge is 2.11. The quantitative estimate of drug-likeness (QED) is 0.254. The van der Waals surface area contributed by atoms with Crippen LogP contribution >= 0.6 is 23.1 Å². The Labute approximate surface area is 179 Å². The summed E-state index contributed by atoms with van der Waals surface area (Å²) >= 11 is 2.95. The minimum absolute atomic E-state index is 0.220. The zero-order valence-corrected chi connectivity index (χ0v) is 17.8. The SMILES string of the molecule is CCCCOc1cccc(C(=O)Nc2nnc(SC/C=C/c3ccccc3)s2)c1. The molecule has 150 valence electrons. The van der Waals surface area contributed by atoms with Gasteiger partial charge in [-0.25, -0.2) is 0 Å². The first-order chi connectivity index (χ1) is 14.2. The van der Waals surface area contributed by atoms with Gasteiger partial charge in [0.2, 0.25) is 5.13 Å². The smallest absolute Gasteiger partial charge is 0.257 e. The van der Waals surface area contributed by atoms with Crippen molar-refractivity contribution in [3.05, 3.63) is 71.8 Å². The van der Waals surface area contributed by atoms with E-state index < -0.39 is 0 Å². The second kappa shape index (κ2) is 11.4. The van der Waals surface area contributed by atoms with Crippen molar-refractivity contribution in [3.63, 3.8) is 0 Å². The average molecular weight is 426 g/mol. The third-order valence-corrected chi connectivity index (χ3v) is 5.83. The van der Waals surface area contributed by atoms with Gasteiger partial charge in [-0.2, -0.15) is 0 Å². The molecule has 0 spiro atoms. The number of hydrogen-bond acceptors (Lipinski definition) is 6. The standard InChI is InChI=1S/C22H23N3O2S2/c1-2-3-14-27-19-13-7-12-18(16-19)20(26)23-21-24-25-22(29-21)28-15-8-11-17-9-5-4-6-10-17/h4-13,16H,2-3,14-15H2,1H3,(H,23,24,26)/b11-8+. The number of hydrogen-bond donors (Lipinski definition) is 1. The lowest BCUT2D eigenvalue weighted by molar-refractivity contribution is 0.102. The molecular weight excluding hydrogens is 402 g/mol. The van der Waals surface area contributed by atoms with Crippen LogP contribution in [0.3, 0.4) is 0 Å². The molecule has 7 heteroatoms. The number of nitrogens with one attached hydrogen (secondary N) is 1. The fraction of sp³-hybridized carbons (Fsp3) is 0.227. The third-order valence-electron chi connectivity index (χ3n) is 3.90. The highest BCUT2D eigenvalue weighted by atomic mass is 32.2. The molecule has 0 radical (unpaired) electrons. The minimum atomic E-state index is -0.220. The molecule has 0 fully saturated rings. The largest absolute Gasteiger partial charge is 0.494 e. The van der Waals surface area contributed by atoms with Gasteiger partial charge in [-0.3, -0.25) is 10.1 Å². The summed E-state index contributed by atoms with van der Waals surface area (Å²) in [6, 6.07) is 17.3. The van der Waals surface area contributed by atoms with Crippen molar-refractivity contribution in [1.82, 2.24) is 10.2 Å². The van der Waals surface area contributed by atoms with Crippen molar-refractivity contribution in [2.24, 2.45) is 0 Å². The van der Waals surface area contributed by atoms with Gasteiger partial charge in [0, 0.05) is 11.3 Å². The molecule has 0 atom stereocenters. The van der Waals surface area contributed by atoms with E-state index in [1.807, 2.05) is 30.3 Å². The Morgan fingerprint density at radius 1 is 1.17 bits per heavy atom. The summed E-state index contributed by atoms with van der Waals surface area (Å²) in [4.78, 5) is 12.5.